The lowest BCUT2D eigenvalue weighted by molar-refractivity contribution is 0.630. The fraction of sp³-hybridized carbons (Fsp3) is 0.545. The zero-order chi connectivity index (χ0) is 10.6. The van der Waals surface area contributed by atoms with Crippen molar-refractivity contribution in [2.75, 3.05) is 17.2 Å². The van der Waals surface area contributed by atoms with Crippen LogP contribution in [0.5, 0.6) is 0 Å². The third kappa shape index (κ3) is 3.64. The highest BCUT2D eigenvalue weighted by atomic mass is 15.1. The van der Waals surface area contributed by atoms with E-state index < -0.39 is 0 Å². The SMILES string of the molecule is CCNc1cccc(NC(C)(C)C)n1. The summed E-state index contributed by atoms with van der Waals surface area (Å²) in [6.07, 6.45) is 0. The van der Waals surface area contributed by atoms with E-state index >= 15 is 0 Å². The van der Waals surface area contributed by atoms with Gasteiger partial charge in [-0.3, -0.25) is 0 Å². The molecule has 2 N–H and O–H groups in total. The van der Waals surface area contributed by atoms with E-state index in [1.807, 2.05) is 18.2 Å². The van der Waals surface area contributed by atoms with E-state index in [4.69, 9.17) is 0 Å². The minimum atomic E-state index is 0.0534. The van der Waals surface area contributed by atoms with Crippen molar-refractivity contribution in [2.45, 2.75) is 33.2 Å². The van der Waals surface area contributed by atoms with Gasteiger partial charge in [-0.05, 0) is 39.8 Å². The van der Waals surface area contributed by atoms with Crippen LogP contribution in [0.15, 0.2) is 18.2 Å². The summed E-state index contributed by atoms with van der Waals surface area (Å²) in [5.74, 6) is 1.83. The molecule has 0 aromatic carbocycles. The van der Waals surface area contributed by atoms with Crippen molar-refractivity contribution < 1.29 is 0 Å². The second kappa shape index (κ2) is 4.31. The van der Waals surface area contributed by atoms with Gasteiger partial charge in [0.2, 0.25) is 0 Å². The minimum Gasteiger partial charge on any atom is -0.370 e. The van der Waals surface area contributed by atoms with Crippen molar-refractivity contribution >= 4 is 11.6 Å². The Morgan fingerprint density at radius 3 is 2.43 bits per heavy atom. The Morgan fingerprint density at radius 1 is 1.21 bits per heavy atom. The van der Waals surface area contributed by atoms with E-state index in [0.717, 1.165) is 18.2 Å². The molecule has 0 saturated heterocycles. The average Bonchev–Trinajstić information content (AvgIpc) is 2.02. The van der Waals surface area contributed by atoms with Gasteiger partial charge < -0.3 is 10.6 Å². The lowest BCUT2D eigenvalue weighted by Crippen LogP contribution is -2.26. The van der Waals surface area contributed by atoms with Crippen LogP contribution in [0.1, 0.15) is 27.7 Å². The number of pyridine rings is 1. The third-order valence-electron chi connectivity index (χ3n) is 1.61. The first-order valence-electron chi connectivity index (χ1n) is 5.00. The first-order chi connectivity index (χ1) is 6.51. The molecule has 1 aromatic heterocycles. The number of nitrogens with zero attached hydrogens (tertiary/aromatic N) is 1. The van der Waals surface area contributed by atoms with E-state index in [9.17, 15) is 0 Å². The van der Waals surface area contributed by atoms with Gasteiger partial charge in [0, 0.05) is 12.1 Å². The second-order valence-corrected chi connectivity index (χ2v) is 4.31. The van der Waals surface area contributed by atoms with Gasteiger partial charge in [0.15, 0.2) is 0 Å². The smallest absolute Gasteiger partial charge is 0.128 e. The highest BCUT2D eigenvalue weighted by Gasteiger charge is 2.09. The van der Waals surface area contributed by atoms with Gasteiger partial charge in [-0.2, -0.15) is 0 Å². The lowest BCUT2D eigenvalue weighted by Gasteiger charge is -2.21. The van der Waals surface area contributed by atoms with Crippen LogP contribution < -0.4 is 10.6 Å². The maximum Gasteiger partial charge on any atom is 0.128 e. The summed E-state index contributed by atoms with van der Waals surface area (Å²) in [7, 11) is 0. The maximum absolute atomic E-state index is 4.43. The molecule has 1 rings (SSSR count). The molecular formula is C11H19N3. The number of anilines is 2. The Labute approximate surface area is 85.9 Å². The van der Waals surface area contributed by atoms with Crippen LogP contribution in [0, 0.1) is 0 Å². The molecule has 0 saturated carbocycles. The summed E-state index contributed by atoms with van der Waals surface area (Å²) in [6, 6.07) is 5.95. The summed E-state index contributed by atoms with van der Waals surface area (Å²) in [5.41, 5.74) is 0.0534. The summed E-state index contributed by atoms with van der Waals surface area (Å²) in [6.45, 7) is 9.31. The zero-order valence-electron chi connectivity index (χ0n) is 9.39. The molecule has 0 aliphatic rings. The van der Waals surface area contributed by atoms with Crippen molar-refractivity contribution in [3.63, 3.8) is 0 Å². The Morgan fingerprint density at radius 2 is 1.86 bits per heavy atom. The predicted octanol–water partition coefficient (Wildman–Crippen LogP) is 2.72. The number of nitrogens with one attached hydrogen (secondary N) is 2. The van der Waals surface area contributed by atoms with Gasteiger partial charge in [-0.15, -0.1) is 0 Å². The Bertz CT molecular complexity index is 289. The van der Waals surface area contributed by atoms with Crippen molar-refractivity contribution in [3.05, 3.63) is 18.2 Å². The monoisotopic (exact) mass is 193 g/mol. The Hall–Kier alpha value is -1.25. The topological polar surface area (TPSA) is 37.0 Å². The van der Waals surface area contributed by atoms with Crippen LogP contribution >= 0.6 is 0 Å². The number of hydrogen-bond acceptors (Lipinski definition) is 3. The minimum absolute atomic E-state index is 0.0534. The van der Waals surface area contributed by atoms with Crippen LogP contribution in [0.4, 0.5) is 11.6 Å². The average molecular weight is 193 g/mol. The first-order valence-corrected chi connectivity index (χ1v) is 5.00. The van der Waals surface area contributed by atoms with Gasteiger partial charge in [-0.25, -0.2) is 4.98 Å². The molecule has 1 heterocycles. The van der Waals surface area contributed by atoms with Crippen molar-refractivity contribution in [1.29, 1.82) is 0 Å². The molecule has 0 spiro atoms. The third-order valence-corrected chi connectivity index (χ3v) is 1.61. The number of hydrogen-bond donors (Lipinski definition) is 2. The molecule has 0 fully saturated rings. The maximum atomic E-state index is 4.43. The summed E-state index contributed by atoms with van der Waals surface area (Å²) >= 11 is 0. The largest absolute Gasteiger partial charge is 0.370 e. The number of aromatic nitrogens is 1. The fourth-order valence-electron chi connectivity index (χ4n) is 1.17. The van der Waals surface area contributed by atoms with Crippen molar-refractivity contribution in [2.24, 2.45) is 0 Å². The van der Waals surface area contributed by atoms with Crippen LogP contribution in [-0.2, 0) is 0 Å². The molecule has 0 aliphatic carbocycles. The predicted molar refractivity (Wildman–Crippen MR) is 61.8 cm³/mol. The standard InChI is InChI=1S/C11H19N3/c1-5-12-9-7-6-8-10(13-9)14-11(2,3)4/h6-8H,5H2,1-4H3,(H2,12,13,14). The normalized spacial score (nSPS) is 11.1. The molecule has 3 nitrogen and oxygen atoms in total. The van der Waals surface area contributed by atoms with E-state index in [1.165, 1.54) is 0 Å². The molecule has 3 heteroatoms. The zero-order valence-corrected chi connectivity index (χ0v) is 9.39. The molecule has 0 aliphatic heterocycles. The quantitative estimate of drug-likeness (QED) is 0.775. The van der Waals surface area contributed by atoms with Crippen molar-refractivity contribution in [3.8, 4) is 0 Å². The van der Waals surface area contributed by atoms with Crippen LogP contribution in [0.3, 0.4) is 0 Å². The van der Waals surface area contributed by atoms with Crippen molar-refractivity contribution in [1.82, 2.24) is 4.98 Å². The Kier molecular flexibility index (Phi) is 3.33. The first kappa shape index (κ1) is 10.8. The second-order valence-electron chi connectivity index (χ2n) is 4.31. The molecule has 78 valence electrons. The van der Waals surface area contributed by atoms with Crippen LogP contribution in [0.2, 0.25) is 0 Å². The fourth-order valence-corrected chi connectivity index (χ4v) is 1.17. The lowest BCUT2D eigenvalue weighted by atomic mass is 10.1. The van der Waals surface area contributed by atoms with Gasteiger partial charge in [0.25, 0.3) is 0 Å². The molecular weight excluding hydrogens is 174 g/mol. The summed E-state index contributed by atoms with van der Waals surface area (Å²) in [4.78, 5) is 4.43. The van der Waals surface area contributed by atoms with Gasteiger partial charge in [0.1, 0.15) is 11.6 Å². The molecule has 0 unspecified atom stereocenters. The van der Waals surface area contributed by atoms with E-state index in [0.29, 0.717) is 0 Å². The van der Waals surface area contributed by atoms with Gasteiger partial charge in [-0.1, -0.05) is 6.07 Å². The van der Waals surface area contributed by atoms with E-state index in [2.05, 4.69) is 43.3 Å². The Balaban J connectivity index is 2.73. The number of rotatable bonds is 3. The van der Waals surface area contributed by atoms with Gasteiger partial charge >= 0.3 is 0 Å². The van der Waals surface area contributed by atoms with Crippen LogP contribution in [-0.4, -0.2) is 17.1 Å². The molecule has 0 atom stereocenters. The molecule has 14 heavy (non-hydrogen) atoms. The van der Waals surface area contributed by atoms with E-state index in [-0.39, 0.29) is 5.54 Å². The molecule has 0 bridgehead atoms. The highest BCUT2D eigenvalue weighted by molar-refractivity contribution is 5.46. The summed E-state index contributed by atoms with van der Waals surface area (Å²) < 4.78 is 0. The van der Waals surface area contributed by atoms with E-state index in [1.54, 1.807) is 0 Å². The molecule has 0 radical (unpaired) electrons. The molecule has 1 aromatic rings. The van der Waals surface area contributed by atoms with Gasteiger partial charge in [0.05, 0.1) is 0 Å². The van der Waals surface area contributed by atoms with Crippen LogP contribution in [0.25, 0.3) is 0 Å². The highest BCUT2D eigenvalue weighted by Crippen LogP contribution is 2.14. The summed E-state index contributed by atoms with van der Waals surface area (Å²) in [5, 5.41) is 6.51. The molecule has 0 amide bonds.